The van der Waals surface area contributed by atoms with E-state index in [0.29, 0.717) is 16.1 Å². The van der Waals surface area contributed by atoms with Crippen molar-refractivity contribution in [3.8, 4) is 6.07 Å². The second kappa shape index (κ2) is 7.53. The van der Waals surface area contributed by atoms with Gasteiger partial charge >= 0.3 is 0 Å². The summed E-state index contributed by atoms with van der Waals surface area (Å²) in [5, 5.41) is 10.2. The van der Waals surface area contributed by atoms with Gasteiger partial charge in [0.1, 0.15) is 11.5 Å². The Morgan fingerprint density at radius 3 is 2.88 bits per heavy atom. The Kier molecular flexibility index (Phi) is 5.36. The average molecular weight is 451 g/mol. The van der Waals surface area contributed by atoms with Crippen molar-refractivity contribution in [2.45, 2.75) is 11.1 Å². The number of aromatic nitrogens is 4. The normalized spacial score (nSPS) is 11.9. The number of halogens is 2. The molecule has 3 aromatic rings. The lowest BCUT2D eigenvalue weighted by Crippen LogP contribution is -2.21. The van der Waals surface area contributed by atoms with Crippen LogP contribution in [0.1, 0.15) is 22.2 Å². The van der Waals surface area contributed by atoms with Gasteiger partial charge in [0, 0.05) is 4.47 Å². The van der Waals surface area contributed by atoms with Crippen LogP contribution in [0.2, 0.25) is 5.02 Å². The number of nitrogens with one attached hydrogen (secondary N) is 1. The molecule has 0 saturated carbocycles. The number of fused-ring (bicyclic) bond motifs is 1. The minimum Gasteiger partial charge on any atom is -0.308 e. The summed E-state index contributed by atoms with van der Waals surface area (Å²) in [7, 11) is 0. The number of rotatable bonds is 4. The number of thioether (sulfide) groups is 1. The van der Waals surface area contributed by atoms with Crippen LogP contribution >= 0.6 is 39.3 Å². The zero-order chi connectivity index (χ0) is 18.8. The van der Waals surface area contributed by atoms with Gasteiger partial charge in [0.25, 0.3) is 5.56 Å². The van der Waals surface area contributed by atoms with Crippen LogP contribution in [-0.4, -0.2) is 32.0 Å². The Balaban J connectivity index is 2.11. The second-order valence-corrected chi connectivity index (χ2v) is 7.19. The Morgan fingerprint density at radius 1 is 1.42 bits per heavy atom. The summed E-state index contributed by atoms with van der Waals surface area (Å²) in [6, 6.07) is 6.82. The molecule has 0 aliphatic carbocycles. The van der Waals surface area contributed by atoms with Crippen molar-refractivity contribution in [1.82, 2.24) is 19.9 Å². The van der Waals surface area contributed by atoms with E-state index in [4.69, 9.17) is 11.6 Å². The molecule has 130 valence electrons. The zero-order valence-corrected chi connectivity index (χ0v) is 16.3. The van der Waals surface area contributed by atoms with Crippen LogP contribution in [0.3, 0.4) is 0 Å². The molecule has 0 unspecified atom stereocenters. The van der Waals surface area contributed by atoms with Crippen molar-refractivity contribution >= 4 is 56.0 Å². The van der Waals surface area contributed by atoms with Gasteiger partial charge in [0.05, 0.1) is 28.2 Å². The van der Waals surface area contributed by atoms with E-state index in [9.17, 15) is 14.9 Å². The number of nitrogens with zero attached hydrogens (tertiary/aromatic N) is 4. The minimum atomic E-state index is -1.35. The molecule has 0 aliphatic rings. The fourth-order valence-corrected chi connectivity index (χ4v) is 3.15. The number of H-pyrrole nitrogens is 1. The first-order valence-corrected chi connectivity index (χ1v) is 9.54. The topological polar surface area (TPSA) is 112 Å². The van der Waals surface area contributed by atoms with E-state index in [0.717, 1.165) is 4.47 Å². The molecule has 3 rings (SSSR count). The van der Waals surface area contributed by atoms with E-state index in [1.165, 1.54) is 18.0 Å². The molecule has 2 aromatic heterocycles. The first-order valence-electron chi connectivity index (χ1n) is 7.14. The van der Waals surface area contributed by atoms with Gasteiger partial charge in [-0.05, 0) is 24.5 Å². The number of nitriles is 1. The van der Waals surface area contributed by atoms with Crippen LogP contribution < -0.4 is 5.56 Å². The molecular weight excluding hydrogens is 442 g/mol. The molecule has 1 atom stereocenters. The van der Waals surface area contributed by atoms with Crippen molar-refractivity contribution in [1.29, 1.82) is 5.26 Å². The summed E-state index contributed by atoms with van der Waals surface area (Å²) in [6.07, 6.45) is 3.05. The number of Topliss-reactive ketones (excluding diaryl/α,β-unsaturated/α-hetero) is 1. The molecule has 7 nitrogen and oxygen atoms in total. The second-order valence-electron chi connectivity index (χ2n) is 5.09. The fraction of sp³-hybridized carbons (Fsp3) is 0.125. The van der Waals surface area contributed by atoms with Gasteiger partial charge in [-0.2, -0.15) is 5.26 Å². The monoisotopic (exact) mass is 449 g/mol. The molecule has 1 N–H and O–H groups in total. The highest BCUT2D eigenvalue weighted by atomic mass is 79.9. The molecule has 26 heavy (non-hydrogen) atoms. The molecule has 0 saturated heterocycles. The summed E-state index contributed by atoms with van der Waals surface area (Å²) < 4.78 is 0.718. The Hall–Kier alpha value is -2.28. The summed E-state index contributed by atoms with van der Waals surface area (Å²) in [5.41, 5.74) is -0.160. The predicted molar refractivity (Wildman–Crippen MR) is 102 cm³/mol. The fourth-order valence-electron chi connectivity index (χ4n) is 2.27. The van der Waals surface area contributed by atoms with Gasteiger partial charge in [0.2, 0.25) is 5.78 Å². The number of carbonyl (C=O) groups is 1. The van der Waals surface area contributed by atoms with Gasteiger partial charge in [-0.25, -0.2) is 15.0 Å². The van der Waals surface area contributed by atoms with E-state index in [1.54, 1.807) is 24.5 Å². The van der Waals surface area contributed by atoms with Crippen molar-refractivity contribution < 1.29 is 4.79 Å². The predicted octanol–water partition coefficient (Wildman–Crippen LogP) is 3.34. The summed E-state index contributed by atoms with van der Waals surface area (Å²) in [6.45, 7) is 0. The van der Waals surface area contributed by atoms with Gasteiger partial charge in [0.15, 0.2) is 11.1 Å². The van der Waals surface area contributed by atoms with Crippen molar-refractivity contribution in [3.63, 3.8) is 0 Å². The lowest BCUT2D eigenvalue weighted by Gasteiger charge is -2.10. The largest absolute Gasteiger partial charge is 0.308 e. The van der Waals surface area contributed by atoms with Gasteiger partial charge in [-0.15, -0.1) is 0 Å². The van der Waals surface area contributed by atoms with Crippen LogP contribution in [0.15, 0.2) is 38.8 Å². The molecule has 0 radical (unpaired) electrons. The molecule has 0 fully saturated rings. The first kappa shape index (κ1) is 18.5. The van der Waals surface area contributed by atoms with Gasteiger partial charge in [-0.1, -0.05) is 39.3 Å². The third-order valence-corrected chi connectivity index (χ3v) is 4.82. The van der Waals surface area contributed by atoms with Crippen LogP contribution in [0.25, 0.3) is 10.9 Å². The molecule has 2 heterocycles. The number of carbonyl (C=O) groups excluding carboxylic acids is 1. The van der Waals surface area contributed by atoms with E-state index in [-0.39, 0.29) is 16.5 Å². The Bertz CT molecular complexity index is 1130. The first-order chi connectivity index (χ1) is 12.4. The minimum absolute atomic E-state index is 0.0279. The highest BCUT2D eigenvalue weighted by Crippen LogP contribution is 2.24. The molecule has 0 aliphatic heterocycles. The van der Waals surface area contributed by atoms with Gasteiger partial charge < -0.3 is 4.98 Å². The van der Waals surface area contributed by atoms with Crippen molar-refractivity contribution in [2.75, 3.05) is 6.26 Å². The molecule has 1 aromatic carbocycles. The lowest BCUT2D eigenvalue weighted by molar-refractivity contribution is 0.0970. The lowest BCUT2D eigenvalue weighted by atomic mass is 10.0. The Morgan fingerprint density at radius 2 is 2.19 bits per heavy atom. The maximum absolute atomic E-state index is 12.8. The standard InChI is InChI=1S/C16H9BrClN5O2S/c1-26-16-20-6-10(18)12(22-16)13(24)9(5-19)14-21-11-3-2-7(17)4-8(11)15(25)23-14/h2-4,6,9H,1H3,(H,21,23,25)/t9-/m1/s1. The molecule has 0 spiro atoms. The summed E-state index contributed by atoms with van der Waals surface area (Å²) >= 11 is 10.5. The summed E-state index contributed by atoms with van der Waals surface area (Å²) in [4.78, 5) is 39.9. The molecule has 0 bridgehead atoms. The number of benzene rings is 1. The zero-order valence-electron chi connectivity index (χ0n) is 13.2. The van der Waals surface area contributed by atoms with Crippen LogP contribution in [0.4, 0.5) is 0 Å². The van der Waals surface area contributed by atoms with E-state index in [2.05, 4.69) is 35.9 Å². The number of hydrogen-bond acceptors (Lipinski definition) is 7. The molecule has 0 amide bonds. The van der Waals surface area contributed by atoms with Crippen LogP contribution in [0.5, 0.6) is 0 Å². The number of hydrogen-bond donors (Lipinski definition) is 1. The van der Waals surface area contributed by atoms with Crippen LogP contribution in [0, 0.1) is 11.3 Å². The van der Waals surface area contributed by atoms with E-state index >= 15 is 0 Å². The van der Waals surface area contributed by atoms with Crippen molar-refractivity contribution in [3.05, 3.63) is 55.8 Å². The maximum Gasteiger partial charge on any atom is 0.258 e. The highest BCUT2D eigenvalue weighted by molar-refractivity contribution is 9.10. The number of aromatic amines is 1. The SMILES string of the molecule is CSc1ncc(Cl)c(C(=O)[C@@H](C#N)c2nc3ccc(Br)cc3c(=O)[nH]2)n1. The quantitative estimate of drug-likeness (QED) is 0.368. The third-order valence-electron chi connectivity index (χ3n) is 3.49. The molecule has 10 heteroatoms. The summed E-state index contributed by atoms with van der Waals surface area (Å²) in [5.74, 6) is -2.06. The average Bonchev–Trinajstić information content (AvgIpc) is 2.63. The smallest absolute Gasteiger partial charge is 0.258 e. The van der Waals surface area contributed by atoms with Gasteiger partial charge in [-0.3, -0.25) is 9.59 Å². The van der Waals surface area contributed by atoms with Crippen molar-refractivity contribution in [2.24, 2.45) is 0 Å². The van der Waals surface area contributed by atoms with E-state index < -0.39 is 17.3 Å². The maximum atomic E-state index is 12.8. The number of ketones is 1. The van der Waals surface area contributed by atoms with E-state index in [1.807, 2.05) is 6.07 Å². The molecular formula is C16H9BrClN5O2S. The highest BCUT2D eigenvalue weighted by Gasteiger charge is 2.28. The third kappa shape index (κ3) is 3.49. The van der Waals surface area contributed by atoms with Crippen LogP contribution in [-0.2, 0) is 0 Å². The Labute approximate surface area is 165 Å².